The minimum Gasteiger partial charge on any atom is -0.381 e. The van der Waals surface area contributed by atoms with Gasteiger partial charge in [-0.3, -0.25) is 9.09 Å². The number of nitrogen functional groups attached to an aromatic ring is 1. The number of aliphatic hydroxyl groups is 1. The van der Waals surface area contributed by atoms with E-state index in [4.69, 9.17) is 20.3 Å². The highest BCUT2D eigenvalue weighted by atomic mass is 31.2. The Labute approximate surface area is 139 Å². The van der Waals surface area contributed by atoms with Crippen LogP contribution in [0.5, 0.6) is 0 Å². The molecule has 0 amide bonds. The maximum atomic E-state index is 14.8. The van der Waals surface area contributed by atoms with Gasteiger partial charge in [0.05, 0.1) is 6.33 Å². The molecule has 6 N–H and O–H groups in total. The molecule has 5 atom stereocenters. The first-order valence-corrected chi connectivity index (χ1v) is 8.63. The van der Waals surface area contributed by atoms with Crippen molar-refractivity contribution in [3.8, 4) is 0 Å². The van der Waals surface area contributed by atoms with Crippen molar-refractivity contribution in [2.24, 2.45) is 0 Å². The monoisotopic (exact) mass is 376 g/mol. The van der Waals surface area contributed by atoms with Crippen molar-refractivity contribution in [3.63, 3.8) is 0 Å². The van der Waals surface area contributed by atoms with E-state index in [1.807, 2.05) is 0 Å². The van der Waals surface area contributed by atoms with Crippen molar-refractivity contribution in [1.29, 1.82) is 0 Å². The maximum Gasteiger partial charge on any atom is 0.470 e. The lowest BCUT2D eigenvalue weighted by Crippen LogP contribution is -2.34. The molecule has 136 valence electrons. The van der Waals surface area contributed by atoms with Crippen LogP contribution < -0.4 is 11.1 Å². The van der Waals surface area contributed by atoms with Gasteiger partial charge in [0, 0.05) is 7.05 Å². The summed E-state index contributed by atoms with van der Waals surface area (Å²) in [6.45, 7) is 0. The number of rotatable bonds is 4. The first-order valence-electron chi connectivity index (χ1n) is 7.10. The topological polar surface area (TPSA) is 178 Å². The standard InChI is InChI=1S/C11H14FN6O6P/c1-14-7-3-8(17-10(13)16-7)18(2-15-3)9-4(12)11(19)5(23-9)6(11)24-25(20,21)22/h2,4-6,9,19H,1H3,(H2,20,21,22)(H3,13,14,16,17)/t4-,5+,6?,9+,11-/m0/s1. The second kappa shape index (κ2) is 5.06. The zero-order valence-electron chi connectivity index (χ0n) is 12.6. The highest BCUT2D eigenvalue weighted by molar-refractivity contribution is 7.46. The van der Waals surface area contributed by atoms with E-state index in [-0.39, 0.29) is 11.6 Å². The number of phosphoric ester groups is 1. The zero-order valence-corrected chi connectivity index (χ0v) is 13.5. The molecule has 3 heterocycles. The number of aromatic nitrogens is 4. The summed E-state index contributed by atoms with van der Waals surface area (Å²) < 4.78 is 36.6. The molecule has 1 saturated carbocycles. The zero-order chi connectivity index (χ0) is 18.1. The van der Waals surface area contributed by atoms with Crippen molar-refractivity contribution < 1.29 is 33.1 Å². The van der Waals surface area contributed by atoms with E-state index < -0.39 is 38.0 Å². The molecule has 1 saturated heterocycles. The third kappa shape index (κ3) is 2.32. The second-order valence-corrected chi connectivity index (χ2v) is 6.95. The summed E-state index contributed by atoms with van der Waals surface area (Å²) in [5, 5.41) is 13.1. The Morgan fingerprint density at radius 3 is 2.80 bits per heavy atom. The Hall–Kier alpha value is -1.89. The average molecular weight is 376 g/mol. The molecular weight excluding hydrogens is 362 g/mol. The Balaban J connectivity index is 1.67. The van der Waals surface area contributed by atoms with Crippen LogP contribution in [0.25, 0.3) is 11.2 Å². The first-order chi connectivity index (χ1) is 11.7. The quantitative estimate of drug-likeness (QED) is 0.409. The number of alkyl halides is 1. The summed E-state index contributed by atoms with van der Waals surface area (Å²) in [6, 6.07) is 0. The molecule has 1 aliphatic carbocycles. The van der Waals surface area contributed by atoms with Crippen molar-refractivity contribution in [2.75, 3.05) is 18.1 Å². The molecule has 4 rings (SSSR count). The number of hydrogen-bond acceptors (Lipinski definition) is 9. The van der Waals surface area contributed by atoms with Gasteiger partial charge in [0.2, 0.25) is 5.95 Å². The molecule has 0 bridgehead atoms. The number of phosphoric acid groups is 1. The average Bonchev–Trinajstić information content (AvgIpc) is 2.84. The first kappa shape index (κ1) is 16.6. The van der Waals surface area contributed by atoms with Gasteiger partial charge < -0.3 is 30.7 Å². The smallest absolute Gasteiger partial charge is 0.381 e. The fraction of sp³-hybridized carbons (Fsp3) is 0.545. The fourth-order valence-electron chi connectivity index (χ4n) is 3.06. The van der Waals surface area contributed by atoms with Gasteiger partial charge in [-0.25, -0.2) is 13.9 Å². The number of nitrogens with two attached hydrogens (primary N) is 1. The number of imidazole rings is 1. The van der Waals surface area contributed by atoms with Crippen LogP contribution in [0.4, 0.5) is 16.2 Å². The van der Waals surface area contributed by atoms with Crippen LogP contribution in [-0.4, -0.2) is 65.4 Å². The number of fused-ring (bicyclic) bond motifs is 2. The molecule has 12 nitrogen and oxygen atoms in total. The second-order valence-electron chi connectivity index (χ2n) is 5.76. The minimum atomic E-state index is -4.89. The van der Waals surface area contributed by atoms with E-state index in [2.05, 4.69) is 24.8 Å². The van der Waals surface area contributed by atoms with Gasteiger partial charge in [0.25, 0.3) is 0 Å². The fourth-order valence-corrected chi connectivity index (χ4v) is 3.64. The largest absolute Gasteiger partial charge is 0.470 e. The van der Waals surface area contributed by atoms with Crippen LogP contribution in [0.1, 0.15) is 6.23 Å². The van der Waals surface area contributed by atoms with Gasteiger partial charge >= 0.3 is 7.82 Å². The molecule has 0 aromatic carbocycles. The predicted molar refractivity (Wildman–Crippen MR) is 80.0 cm³/mol. The van der Waals surface area contributed by atoms with Gasteiger partial charge in [-0.05, 0) is 0 Å². The number of ether oxygens (including phenoxy) is 1. The molecule has 2 fully saturated rings. The van der Waals surface area contributed by atoms with Crippen LogP contribution in [0, 0.1) is 0 Å². The van der Waals surface area contributed by atoms with Crippen molar-refractivity contribution >= 4 is 30.8 Å². The van der Waals surface area contributed by atoms with Gasteiger partial charge in [-0.2, -0.15) is 9.97 Å². The minimum absolute atomic E-state index is 0.0708. The van der Waals surface area contributed by atoms with Crippen molar-refractivity contribution in [1.82, 2.24) is 19.5 Å². The number of nitrogens with one attached hydrogen (secondary N) is 1. The van der Waals surface area contributed by atoms with E-state index in [0.29, 0.717) is 11.3 Å². The van der Waals surface area contributed by atoms with Crippen molar-refractivity contribution in [3.05, 3.63) is 6.33 Å². The highest BCUT2D eigenvalue weighted by Gasteiger charge is 2.80. The molecule has 25 heavy (non-hydrogen) atoms. The lowest BCUT2D eigenvalue weighted by Gasteiger charge is -2.22. The van der Waals surface area contributed by atoms with Gasteiger partial charge in [-0.1, -0.05) is 0 Å². The predicted octanol–water partition coefficient (Wildman–Crippen LogP) is -1.09. The van der Waals surface area contributed by atoms with Gasteiger partial charge in [0.15, 0.2) is 35.0 Å². The molecule has 1 unspecified atom stereocenters. The lowest BCUT2D eigenvalue weighted by molar-refractivity contribution is -0.0598. The van der Waals surface area contributed by atoms with Crippen molar-refractivity contribution in [2.45, 2.75) is 30.2 Å². The normalized spacial score (nSPS) is 34.3. The summed E-state index contributed by atoms with van der Waals surface area (Å²) in [6.07, 6.45) is -4.76. The number of halogens is 1. The van der Waals surface area contributed by atoms with Gasteiger partial charge in [0.1, 0.15) is 12.2 Å². The molecule has 14 heteroatoms. The molecule has 2 aromatic rings. The number of anilines is 2. The van der Waals surface area contributed by atoms with E-state index in [0.717, 1.165) is 0 Å². The lowest BCUT2D eigenvalue weighted by atomic mass is 10.2. The van der Waals surface area contributed by atoms with Crippen LogP contribution in [0.15, 0.2) is 6.33 Å². The van der Waals surface area contributed by atoms with Crippen LogP contribution in [0.3, 0.4) is 0 Å². The number of hydrogen-bond donors (Lipinski definition) is 5. The Morgan fingerprint density at radius 1 is 1.52 bits per heavy atom. The van der Waals surface area contributed by atoms with Crippen LogP contribution in [-0.2, 0) is 13.8 Å². The Bertz CT molecular complexity index is 905. The van der Waals surface area contributed by atoms with Gasteiger partial charge in [-0.15, -0.1) is 0 Å². The summed E-state index contributed by atoms with van der Waals surface area (Å²) in [5.41, 5.74) is 3.97. The summed E-state index contributed by atoms with van der Waals surface area (Å²) in [5.74, 6) is 0.264. The van der Waals surface area contributed by atoms with E-state index in [9.17, 15) is 14.1 Å². The third-order valence-corrected chi connectivity index (χ3v) is 4.76. The number of nitrogens with zero attached hydrogens (tertiary/aromatic N) is 4. The molecule has 2 aliphatic rings. The highest BCUT2D eigenvalue weighted by Crippen LogP contribution is 2.60. The maximum absolute atomic E-state index is 14.8. The van der Waals surface area contributed by atoms with E-state index in [1.165, 1.54) is 10.9 Å². The summed E-state index contributed by atoms with van der Waals surface area (Å²) in [4.78, 5) is 29.7. The Kier molecular flexibility index (Phi) is 3.36. The Morgan fingerprint density at radius 2 is 2.24 bits per heavy atom. The van der Waals surface area contributed by atoms with Crippen LogP contribution >= 0.6 is 7.82 Å². The van der Waals surface area contributed by atoms with Crippen LogP contribution in [0.2, 0.25) is 0 Å². The third-order valence-electron chi connectivity index (χ3n) is 4.26. The molecule has 2 aromatic heterocycles. The summed E-state index contributed by atoms with van der Waals surface area (Å²) >= 11 is 0. The van der Waals surface area contributed by atoms with E-state index in [1.54, 1.807) is 7.05 Å². The SMILES string of the molecule is CNc1nc(N)nc2c1ncn2[C@@H]1O[C@@H]2C(OP(=O)(O)O)[C@]2(O)[C@H]1F. The molecule has 0 radical (unpaired) electrons. The molecule has 0 spiro atoms. The summed E-state index contributed by atoms with van der Waals surface area (Å²) in [7, 11) is -3.29. The molecule has 1 aliphatic heterocycles. The molecular formula is C11H14FN6O6P. The van der Waals surface area contributed by atoms with E-state index >= 15 is 0 Å².